The fraction of sp³-hybridized carbons (Fsp3) is 0.0714. The van der Waals surface area contributed by atoms with Crippen molar-refractivity contribution in [2.45, 2.75) is 0 Å². The molecule has 0 unspecified atom stereocenters. The number of H-pyrrole nitrogens is 1. The number of hydrogen-bond acceptors (Lipinski definition) is 3. The fourth-order valence-corrected chi connectivity index (χ4v) is 3.17. The van der Waals surface area contributed by atoms with Crippen LogP contribution in [-0.4, -0.2) is 17.9 Å². The van der Waals surface area contributed by atoms with Crippen LogP contribution in [0.4, 0.5) is 0 Å². The Balaban J connectivity index is 2.21. The number of ketones is 1. The third-order valence-electron chi connectivity index (χ3n) is 2.96. The number of methoxy groups -OCH3 is 1. The molecular weight excluding hydrogens is 282 g/mol. The van der Waals surface area contributed by atoms with Gasteiger partial charge >= 0.3 is 0 Å². The maximum Gasteiger partial charge on any atom is 0.206 e. The van der Waals surface area contributed by atoms with E-state index in [0.717, 1.165) is 10.9 Å². The summed E-state index contributed by atoms with van der Waals surface area (Å²) >= 11 is 7.37. The van der Waals surface area contributed by atoms with Crippen molar-refractivity contribution < 1.29 is 9.53 Å². The van der Waals surface area contributed by atoms with Crippen LogP contribution >= 0.6 is 22.9 Å². The highest BCUT2D eigenvalue weighted by molar-refractivity contribution is 7.13. The second-order valence-corrected chi connectivity index (χ2v) is 5.34. The number of rotatable bonds is 3. The van der Waals surface area contributed by atoms with Crippen LogP contribution in [0.3, 0.4) is 0 Å². The van der Waals surface area contributed by atoms with Crippen LogP contribution in [0.25, 0.3) is 10.9 Å². The number of aromatic nitrogens is 1. The predicted octanol–water partition coefficient (Wildman–Crippen LogP) is 4.12. The zero-order chi connectivity index (χ0) is 13.4. The average molecular weight is 292 g/mol. The zero-order valence-corrected chi connectivity index (χ0v) is 11.6. The number of carbonyl (C=O) groups is 1. The Kier molecular flexibility index (Phi) is 3.05. The number of hydrogen-bond donors (Lipinski definition) is 1. The summed E-state index contributed by atoms with van der Waals surface area (Å²) in [6, 6.07) is 7.35. The van der Waals surface area contributed by atoms with Gasteiger partial charge in [0, 0.05) is 11.7 Å². The van der Waals surface area contributed by atoms with E-state index in [2.05, 4.69) is 4.98 Å². The third-order valence-corrected chi connectivity index (χ3v) is 4.30. The van der Waals surface area contributed by atoms with E-state index < -0.39 is 0 Å². The first-order chi connectivity index (χ1) is 9.22. The Morgan fingerprint density at radius 3 is 2.89 bits per heavy atom. The van der Waals surface area contributed by atoms with Crippen LogP contribution in [0, 0.1) is 0 Å². The van der Waals surface area contributed by atoms with E-state index >= 15 is 0 Å². The van der Waals surface area contributed by atoms with E-state index in [-0.39, 0.29) is 5.78 Å². The number of fused-ring (bicyclic) bond motifs is 1. The van der Waals surface area contributed by atoms with E-state index in [1.807, 2.05) is 23.6 Å². The molecule has 0 spiro atoms. The van der Waals surface area contributed by atoms with Crippen LogP contribution in [-0.2, 0) is 0 Å². The molecule has 19 heavy (non-hydrogen) atoms. The van der Waals surface area contributed by atoms with E-state index in [0.29, 0.717) is 21.2 Å². The lowest BCUT2D eigenvalue weighted by atomic mass is 10.1. The number of ether oxygens (including phenoxy) is 1. The molecule has 0 bridgehead atoms. The van der Waals surface area contributed by atoms with Crippen LogP contribution in [0.1, 0.15) is 15.2 Å². The molecule has 0 amide bonds. The molecule has 1 aromatic carbocycles. The number of thiophene rings is 1. The Morgan fingerprint density at radius 2 is 2.21 bits per heavy atom. The second kappa shape index (κ2) is 4.72. The first-order valence-electron chi connectivity index (χ1n) is 5.64. The molecular formula is C14H10ClNO2S. The second-order valence-electron chi connectivity index (χ2n) is 4.01. The fourth-order valence-electron chi connectivity index (χ4n) is 2.08. The summed E-state index contributed by atoms with van der Waals surface area (Å²) in [4.78, 5) is 16.2. The minimum atomic E-state index is -0.0873. The number of benzene rings is 1. The highest BCUT2D eigenvalue weighted by Gasteiger charge is 2.20. The van der Waals surface area contributed by atoms with Crippen molar-refractivity contribution in [2.24, 2.45) is 0 Å². The average Bonchev–Trinajstić information content (AvgIpc) is 3.03. The smallest absolute Gasteiger partial charge is 0.206 e. The first-order valence-corrected chi connectivity index (χ1v) is 6.90. The molecule has 2 heterocycles. The van der Waals surface area contributed by atoms with Gasteiger partial charge < -0.3 is 9.72 Å². The molecule has 3 nitrogen and oxygen atoms in total. The lowest BCUT2D eigenvalue weighted by Gasteiger charge is -2.03. The predicted molar refractivity (Wildman–Crippen MR) is 77.6 cm³/mol. The molecule has 0 atom stereocenters. The van der Waals surface area contributed by atoms with Gasteiger partial charge in [-0.1, -0.05) is 17.7 Å². The normalized spacial score (nSPS) is 10.8. The molecule has 0 fully saturated rings. The summed E-state index contributed by atoms with van der Waals surface area (Å²) in [6.45, 7) is 0. The van der Waals surface area contributed by atoms with E-state index in [9.17, 15) is 4.79 Å². The number of nitrogens with one attached hydrogen (secondary N) is 1. The van der Waals surface area contributed by atoms with Gasteiger partial charge in [-0.2, -0.15) is 0 Å². The highest BCUT2D eigenvalue weighted by Crippen LogP contribution is 2.32. The number of aromatic amines is 1. The maximum absolute atomic E-state index is 12.5. The summed E-state index contributed by atoms with van der Waals surface area (Å²) in [5, 5.41) is 3.08. The zero-order valence-electron chi connectivity index (χ0n) is 10.1. The molecule has 1 N–H and O–H groups in total. The molecule has 0 aliphatic heterocycles. The molecule has 96 valence electrons. The topological polar surface area (TPSA) is 42.1 Å². The van der Waals surface area contributed by atoms with Crippen molar-refractivity contribution in [3.8, 4) is 5.75 Å². The monoisotopic (exact) mass is 291 g/mol. The van der Waals surface area contributed by atoms with Crippen molar-refractivity contribution in [2.75, 3.05) is 7.11 Å². The van der Waals surface area contributed by atoms with Crippen molar-refractivity contribution in [3.05, 3.63) is 51.3 Å². The molecule has 0 saturated heterocycles. The molecule has 5 heteroatoms. The molecule has 3 rings (SSSR count). The highest BCUT2D eigenvalue weighted by atomic mass is 35.5. The van der Waals surface area contributed by atoms with Crippen molar-refractivity contribution in [1.29, 1.82) is 0 Å². The summed E-state index contributed by atoms with van der Waals surface area (Å²) in [5.41, 5.74) is 1.45. The van der Waals surface area contributed by atoms with Gasteiger partial charge in [0.25, 0.3) is 0 Å². The molecule has 0 aliphatic rings. The number of carbonyl (C=O) groups excluding carboxylic acids is 1. The summed E-state index contributed by atoms with van der Waals surface area (Å²) < 4.78 is 5.32. The lowest BCUT2D eigenvalue weighted by Crippen LogP contribution is -1.98. The Bertz CT molecular complexity index is 760. The van der Waals surface area contributed by atoms with Gasteiger partial charge in [-0.15, -0.1) is 11.3 Å². The van der Waals surface area contributed by atoms with Crippen LogP contribution in [0.2, 0.25) is 5.02 Å². The minimum absolute atomic E-state index is 0.0873. The summed E-state index contributed by atoms with van der Waals surface area (Å²) in [5.74, 6) is 0.588. The summed E-state index contributed by atoms with van der Waals surface area (Å²) in [6.07, 6.45) is 1.70. The van der Waals surface area contributed by atoms with Gasteiger partial charge in [0.05, 0.1) is 28.0 Å². The molecule has 2 aromatic heterocycles. The van der Waals surface area contributed by atoms with E-state index in [1.165, 1.54) is 11.3 Å². The molecule has 0 radical (unpaired) electrons. The van der Waals surface area contributed by atoms with Crippen LogP contribution in [0.5, 0.6) is 5.75 Å². The van der Waals surface area contributed by atoms with Crippen molar-refractivity contribution in [1.82, 2.24) is 4.98 Å². The SMILES string of the molecule is COc1cccc2[nH]cc(C(=O)c3sccc3Cl)c12. The Morgan fingerprint density at radius 1 is 1.37 bits per heavy atom. The van der Waals surface area contributed by atoms with E-state index in [4.69, 9.17) is 16.3 Å². The molecule has 3 aromatic rings. The molecule has 0 aliphatic carbocycles. The van der Waals surface area contributed by atoms with Gasteiger partial charge in [-0.25, -0.2) is 0 Å². The third kappa shape index (κ3) is 1.93. The van der Waals surface area contributed by atoms with Gasteiger partial charge in [0.2, 0.25) is 5.78 Å². The standard InChI is InChI=1S/C14H10ClNO2S/c1-18-11-4-2-3-10-12(11)8(7-16-10)13(17)14-9(15)5-6-19-14/h2-7,16H,1H3. The Labute approximate surface area is 118 Å². The number of halogens is 1. The maximum atomic E-state index is 12.5. The van der Waals surface area contributed by atoms with E-state index in [1.54, 1.807) is 19.4 Å². The van der Waals surface area contributed by atoms with Crippen molar-refractivity contribution in [3.63, 3.8) is 0 Å². The molecule has 0 saturated carbocycles. The Hall–Kier alpha value is -1.78. The van der Waals surface area contributed by atoms with Crippen LogP contribution in [0.15, 0.2) is 35.8 Å². The van der Waals surface area contributed by atoms with Crippen molar-refractivity contribution >= 4 is 39.6 Å². The lowest BCUT2D eigenvalue weighted by molar-refractivity contribution is 0.104. The summed E-state index contributed by atoms with van der Waals surface area (Å²) in [7, 11) is 1.59. The van der Waals surface area contributed by atoms with Gasteiger partial charge in [-0.05, 0) is 23.6 Å². The largest absolute Gasteiger partial charge is 0.496 e. The van der Waals surface area contributed by atoms with Gasteiger partial charge in [0.1, 0.15) is 5.75 Å². The minimum Gasteiger partial charge on any atom is -0.496 e. The first kappa shape index (κ1) is 12.3. The van der Waals surface area contributed by atoms with Gasteiger partial charge in [0.15, 0.2) is 0 Å². The quantitative estimate of drug-likeness (QED) is 0.738. The van der Waals surface area contributed by atoms with Crippen LogP contribution < -0.4 is 4.74 Å². The van der Waals surface area contributed by atoms with Gasteiger partial charge in [-0.3, -0.25) is 4.79 Å².